The van der Waals surface area contributed by atoms with Crippen molar-refractivity contribution in [3.8, 4) is 0 Å². The molecule has 1 aliphatic rings. The Morgan fingerprint density at radius 2 is 2.11 bits per heavy atom. The van der Waals surface area contributed by atoms with E-state index in [0.29, 0.717) is 0 Å². The van der Waals surface area contributed by atoms with Crippen LogP contribution in [0.15, 0.2) is 12.4 Å². The first-order valence-electron chi connectivity index (χ1n) is 7.73. The molecule has 1 aromatic heterocycles. The largest absolute Gasteiger partial charge is 0.334 e. The molecule has 1 aliphatic carbocycles. The van der Waals surface area contributed by atoms with E-state index < -0.39 is 0 Å². The van der Waals surface area contributed by atoms with E-state index >= 15 is 0 Å². The first-order chi connectivity index (χ1) is 9.31. The summed E-state index contributed by atoms with van der Waals surface area (Å²) in [6.07, 6.45) is 12.0. The van der Waals surface area contributed by atoms with Crippen LogP contribution >= 0.6 is 0 Å². The quantitative estimate of drug-likeness (QED) is 0.821. The average Bonchev–Trinajstić information content (AvgIpc) is 2.85. The summed E-state index contributed by atoms with van der Waals surface area (Å²) >= 11 is 0. The van der Waals surface area contributed by atoms with Gasteiger partial charge in [0, 0.05) is 31.5 Å². The maximum absolute atomic E-state index is 5.68. The molecule has 0 bridgehead atoms. The molecule has 4 heteroatoms. The third-order valence-electron chi connectivity index (χ3n) is 4.29. The van der Waals surface area contributed by atoms with E-state index in [1.54, 1.807) is 0 Å². The number of imidazole rings is 1. The lowest BCUT2D eigenvalue weighted by atomic mass is 9.94. The monoisotopic (exact) mass is 264 g/mol. The fourth-order valence-corrected chi connectivity index (χ4v) is 3.09. The molecule has 0 atom stereocenters. The van der Waals surface area contributed by atoms with Gasteiger partial charge in [-0.05, 0) is 39.3 Å². The van der Waals surface area contributed by atoms with Gasteiger partial charge in [-0.1, -0.05) is 19.3 Å². The van der Waals surface area contributed by atoms with Gasteiger partial charge in [0.25, 0.3) is 0 Å². The molecule has 4 nitrogen and oxygen atoms in total. The molecule has 108 valence electrons. The van der Waals surface area contributed by atoms with E-state index in [1.165, 1.54) is 32.1 Å². The van der Waals surface area contributed by atoms with Gasteiger partial charge in [-0.15, -0.1) is 0 Å². The fourth-order valence-electron chi connectivity index (χ4n) is 3.09. The van der Waals surface area contributed by atoms with Gasteiger partial charge >= 0.3 is 0 Å². The lowest BCUT2D eigenvalue weighted by Gasteiger charge is -2.34. The molecule has 2 N–H and O–H groups in total. The number of hydrogen-bond acceptors (Lipinski definition) is 3. The van der Waals surface area contributed by atoms with Gasteiger partial charge in [-0.25, -0.2) is 4.98 Å². The van der Waals surface area contributed by atoms with Crippen molar-refractivity contribution in [2.75, 3.05) is 19.6 Å². The van der Waals surface area contributed by atoms with Crippen LogP contribution in [0, 0.1) is 6.92 Å². The van der Waals surface area contributed by atoms with Crippen LogP contribution in [0.3, 0.4) is 0 Å². The van der Waals surface area contributed by atoms with Gasteiger partial charge in [-0.3, -0.25) is 4.90 Å². The van der Waals surface area contributed by atoms with Crippen LogP contribution in [0.2, 0.25) is 0 Å². The zero-order chi connectivity index (χ0) is 13.5. The Morgan fingerprint density at radius 1 is 1.32 bits per heavy atom. The Labute approximate surface area is 117 Å². The molecule has 0 spiro atoms. The second-order valence-corrected chi connectivity index (χ2v) is 5.64. The van der Waals surface area contributed by atoms with Crippen molar-refractivity contribution in [1.29, 1.82) is 0 Å². The predicted molar refractivity (Wildman–Crippen MR) is 79.1 cm³/mol. The summed E-state index contributed by atoms with van der Waals surface area (Å²) < 4.78 is 2.25. The number of rotatable bonds is 7. The van der Waals surface area contributed by atoms with Crippen LogP contribution in [0.4, 0.5) is 0 Å². The third kappa shape index (κ3) is 4.32. The summed E-state index contributed by atoms with van der Waals surface area (Å²) in [6, 6.07) is 0.782. The smallest absolute Gasteiger partial charge is 0.105 e. The molecular weight excluding hydrogens is 236 g/mol. The molecule has 0 unspecified atom stereocenters. The maximum Gasteiger partial charge on any atom is 0.105 e. The Bertz CT molecular complexity index is 355. The van der Waals surface area contributed by atoms with Crippen molar-refractivity contribution < 1.29 is 0 Å². The summed E-state index contributed by atoms with van der Waals surface area (Å²) in [5, 5.41) is 0. The van der Waals surface area contributed by atoms with Crippen molar-refractivity contribution >= 4 is 0 Å². The highest BCUT2D eigenvalue weighted by molar-refractivity contribution is 4.89. The minimum Gasteiger partial charge on any atom is -0.334 e. The lowest BCUT2D eigenvalue weighted by molar-refractivity contribution is 0.149. The number of nitrogens with two attached hydrogens (primary N) is 1. The third-order valence-corrected chi connectivity index (χ3v) is 4.29. The summed E-state index contributed by atoms with van der Waals surface area (Å²) in [4.78, 5) is 6.95. The SMILES string of the molecule is Cc1nccn1CCN(CCCN)C1CCCCC1. The van der Waals surface area contributed by atoms with Crippen LogP contribution in [-0.2, 0) is 6.54 Å². The van der Waals surface area contributed by atoms with Gasteiger partial charge in [-0.2, -0.15) is 0 Å². The van der Waals surface area contributed by atoms with Crippen LogP contribution in [0.25, 0.3) is 0 Å². The molecule has 2 rings (SSSR count). The molecule has 0 aromatic carbocycles. The van der Waals surface area contributed by atoms with E-state index in [9.17, 15) is 0 Å². The summed E-state index contributed by atoms with van der Waals surface area (Å²) in [6.45, 7) is 6.20. The van der Waals surface area contributed by atoms with Gasteiger partial charge in [0.2, 0.25) is 0 Å². The lowest BCUT2D eigenvalue weighted by Crippen LogP contribution is -2.40. The summed E-state index contributed by atoms with van der Waals surface area (Å²) in [7, 11) is 0. The average molecular weight is 264 g/mol. The Balaban J connectivity index is 1.87. The fraction of sp³-hybridized carbons (Fsp3) is 0.800. The normalized spacial score (nSPS) is 17.2. The highest BCUT2D eigenvalue weighted by Crippen LogP contribution is 2.22. The molecule has 0 radical (unpaired) electrons. The van der Waals surface area contributed by atoms with Crippen molar-refractivity contribution in [2.24, 2.45) is 5.73 Å². The molecule has 19 heavy (non-hydrogen) atoms. The molecule has 1 heterocycles. The molecule has 0 amide bonds. The van der Waals surface area contributed by atoms with E-state index in [0.717, 1.165) is 44.5 Å². The Kier molecular flexibility index (Phi) is 5.86. The van der Waals surface area contributed by atoms with Crippen molar-refractivity contribution in [2.45, 2.75) is 58.0 Å². The molecule has 0 saturated heterocycles. The van der Waals surface area contributed by atoms with Gasteiger partial charge in [0.15, 0.2) is 0 Å². The zero-order valence-electron chi connectivity index (χ0n) is 12.2. The Hall–Kier alpha value is -0.870. The predicted octanol–water partition coefficient (Wildman–Crippen LogP) is 2.18. The summed E-state index contributed by atoms with van der Waals surface area (Å²) in [5.74, 6) is 1.11. The molecule has 1 aromatic rings. The second-order valence-electron chi connectivity index (χ2n) is 5.64. The zero-order valence-corrected chi connectivity index (χ0v) is 12.2. The highest BCUT2D eigenvalue weighted by Gasteiger charge is 2.20. The van der Waals surface area contributed by atoms with Crippen LogP contribution in [0.1, 0.15) is 44.3 Å². The van der Waals surface area contributed by atoms with Crippen molar-refractivity contribution in [3.05, 3.63) is 18.2 Å². The van der Waals surface area contributed by atoms with E-state index in [-0.39, 0.29) is 0 Å². The standard InChI is InChI=1S/C15H28N4/c1-14-17-9-11-18(14)12-13-19(10-5-8-16)15-6-3-2-4-7-15/h9,11,15H,2-8,10,12-13,16H2,1H3. The first kappa shape index (κ1) is 14.5. The van der Waals surface area contributed by atoms with E-state index in [1.807, 2.05) is 6.20 Å². The highest BCUT2D eigenvalue weighted by atomic mass is 15.2. The minimum absolute atomic E-state index is 0.782. The molecule has 1 saturated carbocycles. The maximum atomic E-state index is 5.68. The van der Waals surface area contributed by atoms with Gasteiger partial charge in [0.05, 0.1) is 0 Å². The van der Waals surface area contributed by atoms with Crippen molar-refractivity contribution in [3.63, 3.8) is 0 Å². The van der Waals surface area contributed by atoms with Gasteiger partial charge in [0.1, 0.15) is 5.82 Å². The molecule has 0 aliphatic heterocycles. The second kappa shape index (κ2) is 7.65. The van der Waals surface area contributed by atoms with E-state index in [2.05, 4.69) is 27.6 Å². The topological polar surface area (TPSA) is 47.1 Å². The molecular formula is C15H28N4. The van der Waals surface area contributed by atoms with Crippen LogP contribution in [-0.4, -0.2) is 40.1 Å². The van der Waals surface area contributed by atoms with Crippen LogP contribution < -0.4 is 5.73 Å². The van der Waals surface area contributed by atoms with Crippen LogP contribution in [0.5, 0.6) is 0 Å². The van der Waals surface area contributed by atoms with Crippen molar-refractivity contribution in [1.82, 2.24) is 14.5 Å². The minimum atomic E-state index is 0.782. The summed E-state index contributed by atoms with van der Waals surface area (Å²) in [5.41, 5.74) is 5.68. The van der Waals surface area contributed by atoms with E-state index in [4.69, 9.17) is 5.73 Å². The van der Waals surface area contributed by atoms with Gasteiger partial charge < -0.3 is 10.3 Å². The number of hydrogen-bond donors (Lipinski definition) is 1. The Morgan fingerprint density at radius 3 is 2.74 bits per heavy atom. The first-order valence-corrected chi connectivity index (χ1v) is 7.73. The number of aromatic nitrogens is 2. The number of aryl methyl sites for hydroxylation is 1. The molecule has 1 fully saturated rings. The number of nitrogens with zero attached hydrogens (tertiary/aromatic N) is 3.